The third kappa shape index (κ3) is 6.29. The highest BCUT2D eigenvalue weighted by atomic mass is 16.7. The average Bonchev–Trinajstić information content (AvgIpc) is 3.60. The quantitative estimate of drug-likeness (QED) is 0.272. The molecule has 4 aromatic rings. The zero-order chi connectivity index (χ0) is 25.5. The van der Waals surface area contributed by atoms with Gasteiger partial charge in [-0.3, -0.25) is 4.79 Å². The molecule has 1 aliphatic heterocycles. The van der Waals surface area contributed by atoms with E-state index >= 15 is 0 Å². The van der Waals surface area contributed by atoms with Gasteiger partial charge >= 0.3 is 0 Å². The molecule has 0 aliphatic carbocycles. The topological polar surface area (TPSA) is 72.7 Å². The van der Waals surface area contributed by atoms with Crippen molar-refractivity contribution in [2.45, 2.75) is 25.3 Å². The number of benzene rings is 3. The van der Waals surface area contributed by atoms with E-state index in [9.17, 15) is 4.79 Å². The van der Waals surface area contributed by atoms with Crippen LogP contribution in [0, 0.1) is 0 Å². The summed E-state index contributed by atoms with van der Waals surface area (Å²) in [6, 6.07) is 29.4. The highest BCUT2D eigenvalue weighted by Gasteiger charge is 2.24. The van der Waals surface area contributed by atoms with E-state index in [0.717, 1.165) is 35.1 Å². The fraction of sp³-hybridized carbons (Fsp3) is 0.194. The van der Waals surface area contributed by atoms with Crippen LogP contribution in [0.25, 0.3) is 6.08 Å². The minimum absolute atomic E-state index is 0.0795. The molecule has 5 rings (SSSR count). The monoisotopic (exact) mass is 494 g/mol. The lowest BCUT2D eigenvalue weighted by molar-refractivity contribution is 0.0994. The molecular formula is C31H30N2O4. The molecule has 1 aromatic heterocycles. The second kappa shape index (κ2) is 11.6. The fourth-order valence-corrected chi connectivity index (χ4v) is 4.42. The van der Waals surface area contributed by atoms with Crippen LogP contribution in [0.3, 0.4) is 0 Å². The third-order valence-electron chi connectivity index (χ3n) is 6.43. The number of amides is 1. The van der Waals surface area contributed by atoms with Gasteiger partial charge in [0.05, 0.1) is 0 Å². The molecule has 2 N–H and O–H groups in total. The van der Waals surface area contributed by atoms with Crippen molar-refractivity contribution in [1.82, 2.24) is 5.32 Å². The highest BCUT2D eigenvalue weighted by Crippen LogP contribution is 2.36. The number of carbonyl (C=O) groups is 1. The molecule has 6 nitrogen and oxygen atoms in total. The smallest absolute Gasteiger partial charge is 0.291 e. The zero-order valence-electron chi connectivity index (χ0n) is 20.7. The molecule has 1 aliphatic rings. The van der Waals surface area contributed by atoms with Crippen molar-refractivity contribution in [3.05, 3.63) is 120 Å². The van der Waals surface area contributed by atoms with E-state index in [-0.39, 0.29) is 30.4 Å². The van der Waals surface area contributed by atoms with Crippen LogP contribution in [-0.4, -0.2) is 25.3 Å². The van der Waals surface area contributed by atoms with Gasteiger partial charge in [0.15, 0.2) is 17.3 Å². The van der Waals surface area contributed by atoms with Crippen molar-refractivity contribution in [1.29, 1.82) is 0 Å². The number of para-hydroxylation sites is 1. The normalized spacial score (nSPS) is 14.0. The molecule has 0 unspecified atom stereocenters. The Hall–Kier alpha value is -4.29. The Kier molecular flexibility index (Phi) is 7.67. The summed E-state index contributed by atoms with van der Waals surface area (Å²) < 4.78 is 17.1. The summed E-state index contributed by atoms with van der Waals surface area (Å²) in [5.41, 5.74) is 3.01. The first-order valence-electron chi connectivity index (χ1n) is 12.5. The predicted octanol–water partition coefficient (Wildman–Crippen LogP) is 6.28. The molecule has 2 heterocycles. The van der Waals surface area contributed by atoms with Gasteiger partial charge in [-0.15, -0.1) is 0 Å². The standard InChI is InChI=1S/C31H30N2O4/c1-22(32-18-8-11-23-9-4-2-5-10-23)27(24-14-16-28-30(19-24)36-21-35-28)20-26-15-17-29(37-26)31(34)33-25-12-6-3-7-13-25/h2-17,19,22,27,32H,18,20-21H2,1H3,(H,33,34)/t22-,27+/m0/s1. The Bertz CT molecular complexity index is 1350. The van der Waals surface area contributed by atoms with Crippen LogP contribution >= 0.6 is 0 Å². The van der Waals surface area contributed by atoms with Gasteiger partial charge < -0.3 is 24.5 Å². The van der Waals surface area contributed by atoms with Crippen molar-refractivity contribution >= 4 is 17.7 Å². The van der Waals surface area contributed by atoms with Gasteiger partial charge in [-0.05, 0) is 54.4 Å². The molecule has 0 bridgehead atoms. The lowest BCUT2D eigenvalue weighted by Gasteiger charge is -2.25. The Morgan fingerprint density at radius 3 is 2.49 bits per heavy atom. The molecule has 3 aromatic carbocycles. The van der Waals surface area contributed by atoms with Crippen molar-refractivity contribution in [2.24, 2.45) is 0 Å². The van der Waals surface area contributed by atoms with E-state index in [4.69, 9.17) is 13.9 Å². The number of hydrogen-bond donors (Lipinski definition) is 2. The number of hydrogen-bond acceptors (Lipinski definition) is 5. The Morgan fingerprint density at radius 1 is 0.919 bits per heavy atom. The molecule has 0 fully saturated rings. The van der Waals surface area contributed by atoms with E-state index in [1.807, 2.05) is 66.7 Å². The summed E-state index contributed by atoms with van der Waals surface area (Å²) in [6.45, 7) is 3.12. The summed E-state index contributed by atoms with van der Waals surface area (Å²) in [6.07, 6.45) is 4.86. The first-order chi connectivity index (χ1) is 18.2. The molecule has 2 atom stereocenters. The minimum Gasteiger partial charge on any atom is -0.456 e. The van der Waals surface area contributed by atoms with E-state index in [1.165, 1.54) is 5.56 Å². The number of carbonyl (C=O) groups excluding carboxylic acids is 1. The summed E-state index contributed by atoms with van der Waals surface area (Å²) in [5, 5.41) is 6.49. The molecule has 37 heavy (non-hydrogen) atoms. The summed E-state index contributed by atoms with van der Waals surface area (Å²) in [7, 11) is 0. The molecule has 6 heteroatoms. The number of nitrogens with one attached hydrogen (secondary N) is 2. The fourth-order valence-electron chi connectivity index (χ4n) is 4.42. The third-order valence-corrected chi connectivity index (χ3v) is 6.43. The van der Waals surface area contributed by atoms with Gasteiger partial charge in [0.25, 0.3) is 5.91 Å². The van der Waals surface area contributed by atoms with Crippen LogP contribution in [-0.2, 0) is 6.42 Å². The molecule has 0 radical (unpaired) electrons. The van der Waals surface area contributed by atoms with Crippen LogP contribution in [0.15, 0.2) is 101 Å². The molecular weight excluding hydrogens is 464 g/mol. The zero-order valence-corrected chi connectivity index (χ0v) is 20.7. The van der Waals surface area contributed by atoms with Crippen LogP contribution in [0.1, 0.15) is 40.3 Å². The van der Waals surface area contributed by atoms with E-state index < -0.39 is 0 Å². The summed E-state index contributed by atoms with van der Waals surface area (Å²) in [5.74, 6) is 2.35. The maximum Gasteiger partial charge on any atom is 0.291 e. The first-order valence-corrected chi connectivity index (χ1v) is 12.5. The van der Waals surface area contributed by atoms with Crippen molar-refractivity contribution < 1.29 is 18.7 Å². The largest absolute Gasteiger partial charge is 0.456 e. The van der Waals surface area contributed by atoms with Crippen LogP contribution in [0.4, 0.5) is 5.69 Å². The number of fused-ring (bicyclic) bond motifs is 1. The van der Waals surface area contributed by atoms with E-state index in [2.05, 4.69) is 47.9 Å². The summed E-state index contributed by atoms with van der Waals surface area (Å²) >= 11 is 0. The van der Waals surface area contributed by atoms with Crippen LogP contribution in [0.5, 0.6) is 11.5 Å². The highest BCUT2D eigenvalue weighted by molar-refractivity contribution is 6.02. The minimum atomic E-state index is -0.269. The summed E-state index contributed by atoms with van der Waals surface area (Å²) in [4.78, 5) is 12.7. The maximum atomic E-state index is 12.7. The molecule has 0 spiro atoms. The van der Waals surface area contributed by atoms with Gasteiger partial charge in [-0.1, -0.05) is 66.7 Å². The maximum absolute atomic E-state index is 12.7. The Balaban J connectivity index is 1.29. The lowest BCUT2D eigenvalue weighted by Crippen LogP contribution is -2.33. The average molecular weight is 495 g/mol. The van der Waals surface area contributed by atoms with Gasteiger partial charge in [0.1, 0.15) is 5.76 Å². The Morgan fingerprint density at radius 2 is 1.68 bits per heavy atom. The molecule has 188 valence electrons. The van der Waals surface area contributed by atoms with Crippen molar-refractivity contribution in [2.75, 3.05) is 18.7 Å². The first kappa shape index (κ1) is 24.4. The van der Waals surface area contributed by atoms with Crippen molar-refractivity contribution in [3.8, 4) is 11.5 Å². The predicted molar refractivity (Wildman–Crippen MR) is 145 cm³/mol. The lowest BCUT2D eigenvalue weighted by atomic mass is 9.88. The second-order valence-corrected chi connectivity index (χ2v) is 9.02. The number of ether oxygens (including phenoxy) is 2. The van der Waals surface area contributed by atoms with E-state index in [0.29, 0.717) is 6.42 Å². The number of anilines is 1. The molecule has 1 amide bonds. The van der Waals surface area contributed by atoms with Gasteiger partial charge in [-0.25, -0.2) is 0 Å². The van der Waals surface area contributed by atoms with Crippen molar-refractivity contribution in [3.63, 3.8) is 0 Å². The van der Waals surface area contributed by atoms with Gasteiger partial charge in [0, 0.05) is 30.6 Å². The number of furan rings is 1. The molecule has 0 saturated carbocycles. The van der Waals surface area contributed by atoms with Gasteiger partial charge in [0.2, 0.25) is 6.79 Å². The molecule has 0 saturated heterocycles. The van der Waals surface area contributed by atoms with Crippen LogP contribution < -0.4 is 20.1 Å². The van der Waals surface area contributed by atoms with Gasteiger partial charge in [-0.2, -0.15) is 0 Å². The van der Waals surface area contributed by atoms with Crippen LogP contribution in [0.2, 0.25) is 0 Å². The van der Waals surface area contributed by atoms with E-state index in [1.54, 1.807) is 6.07 Å². The SMILES string of the molecule is C[C@H](NCC=Cc1ccccc1)[C@@H](Cc1ccc(C(=O)Nc2ccccc2)o1)c1ccc2c(c1)OCO2. The Labute approximate surface area is 216 Å². The second-order valence-electron chi connectivity index (χ2n) is 9.02. The number of rotatable bonds is 10.